The topological polar surface area (TPSA) is 133 Å². The molecule has 0 radical (unpaired) electrons. The zero-order valence-electron chi connectivity index (χ0n) is 35.8. The van der Waals surface area contributed by atoms with Crippen molar-refractivity contribution in [3.63, 3.8) is 0 Å². The molecule has 0 bridgehead atoms. The summed E-state index contributed by atoms with van der Waals surface area (Å²) in [5.41, 5.74) is -2.74. The normalized spacial score (nSPS) is 27.5. The minimum atomic E-state index is -5.67. The zero-order chi connectivity index (χ0) is 44.3. The molecular formula is C40H64F6O11. The van der Waals surface area contributed by atoms with Crippen molar-refractivity contribution >= 4 is 23.9 Å². The Morgan fingerprint density at radius 3 is 1.61 bits per heavy atom. The van der Waals surface area contributed by atoms with Crippen LogP contribution in [0.4, 0.5) is 26.3 Å². The first-order valence-corrected chi connectivity index (χ1v) is 19.7. The fourth-order valence-corrected chi connectivity index (χ4v) is 6.04. The van der Waals surface area contributed by atoms with Crippen molar-refractivity contribution in [2.75, 3.05) is 0 Å². The molecule has 5 unspecified atom stereocenters. The number of hydrogen-bond acceptors (Lipinski definition) is 11. The fourth-order valence-electron chi connectivity index (χ4n) is 6.04. The summed E-state index contributed by atoms with van der Waals surface area (Å²) in [5.74, 6) is -2.05. The molecule has 11 nitrogen and oxygen atoms in total. The smallest absolute Gasteiger partial charge is 0.434 e. The number of fused-ring (bicyclic) bond motifs is 3. The first kappa shape index (κ1) is 50.5. The van der Waals surface area contributed by atoms with E-state index in [1.807, 2.05) is 27.7 Å². The van der Waals surface area contributed by atoms with E-state index in [1.165, 1.54) is 46.5 Å². The van der Waals surface area contributed by atoms with Gasteiger partial charge in [-0.3, -0.25) is 14.4 Å². The molecule has 57 heavy (non-hydrogen) atoms. The molecule has 0 aromatic rings. The average Bonchev–Trinajstić information content (AvgIpc) is 3.67. The van der Waals surface area contributed by atoms with Gasteiger partial charge < -0.3 is 33.2 Å². The van der Waals surface area contributed by atoms with Gasteiger partial charge in [-0.15, -0.1) is 0 Å². The Labute approximate surface area is 332 Å². The third-order valence-electron chi connectivity index (χ3n) is 11.5. The van der Waals surface area contributed by atoms with Gasteiger partial charge in [0.15, 0.2) is 24.3 Å². The predicted molar refractivity (Wildman–Crippen MR) is 194 cm³/mol. The van der Waals surface area contributed by atoms with Crippen LogP contribution in [0.1, 0.15) is 142 Å². The van der Waals surface area contributed by atoms with E-state index in [0.717, 1.165) is 12.3 Å². The molecule has 3 saturated heterocycles. The van der Waals surface area contributed by atoms with Crippen LogP contribution in [-0.4, -0.2) is 84.4 Å². The molecule has 1 saturated carbocycles. The van der Waals surface area contributed by atoms with E-state index >= 15 is 0 Å². The van der Waals surface area contributed by atoms with Crippen molar-refractivity contribution in [2.45, 2.75) is 202 Å². The Kier molecular flexibility index (Phi) is 16.2. The molecule has 0 spiro atoms. The largest absolute Gasteiger partial charge is 0.459 e. The highest BCUT2D eigenvalue weighted by Gasteiger charge is 2.65. The summed E-state index contributed by atoms with van der Waals surface area (Å²) in [4.78, 5) is 47.6. The molecule has 4 aliphatic rings. The van der Waals surface area contributed by atoms with Crippen molar-refractivity contribution in [3.05, 3.63) is 0 Å². The van der Waals surface area contributed by atoms with Gasteiger partial charge in [-0.05, 0) is 113 Å². The molecule has 0 N–H and O–H groups in total. The van der Waals surface area contributed by atoms with Crippen LogP contribution < -0.4 is 0 Å². The van der Waals surface area contributed by atoms with Crippen molar-refractivity contribution < 1.29 is 78.7 Å². The third-order valence-corrected chi connectivity index (χ3v) is 11.5. The Morgan fingerprint density at radius 2 is 1.16 bits per heavy atom. The summed E-state index contributed by atoms with van der Waals surface area (Å²) in [6.07, 6.45) is -12.5. The minimum Gasteiger partial charge on any atom is -0.459 e. The second-order valence-corrected chi connectivity index (χ2v) is 18.3. The van der Waals surface area contributed by atoms with Gasteiger partial charge in [-0.1, -0.05) is 40.5 Å². The standard InChI is InChI=1S/C16H30O2.C15H22O7.C9H12F6O2/c1-7-15(3,4)14(17)18-16(5,6)13-10-8-12(2)9-11-13;1-6-14(2,3)13(17)20-9-7-8(18-11(9)16)10-12(19-7)22-15(4,5)21-10;1-4-7(2,3)6(16)17-5(8(10,11)12)9(13,14)15/h12-13H,7-11H2,1-6H3;7-10,12H,6H2,1-5H3;5H,4H2,1-3H3. The van der Waals surface area contributed by atoms with Crippen LogP contribution in [-0.2, 0) is 52.3 Å². The molecule has 17 heteroatoms. The molecular weight excluding hydrogens is 770 g/mol. The minimum absolute atomic E-state index is 0.0476. The van der Waals surface area contributed by atoms with Gasteiger partial charge in [0.1, 0.15) is 11.7 Å². The summed E-state index contributed by atoms with van der Waals surface area (Å²) in [5, 5.41) is 0. The van der Waals surface area contributed by atoms with E-state index in [9.17, 15) is 45.5 Å². The highest BCUT2D eigenvalue weighted by molar-refractivity contribution is 5.84. The fraction of sp³-hybridized carbons (Fsp3) is 0.900. The monoisotopic (exact) mass is 834 g/mol. The van der Waals surface area contributed by atoms with Crippen molar-refractivity contribution in [3.8, 4) is 0 Å². The van der Waals surface area contributed by atoms with Crippen LogP contribution in [0.3, 0.4) is 0 Å². The number of halogens is 6. The lowest BCUT2D eigenvalue weighted by molar-refractivity contribution is -0.315. The van der Waals surface area contributed by atoms with Crippen LogP contribution >= 0.6 is 0 Å². The first-order chi connectivity index (χ1) is 25.7. The zero-order valence-corrected chi connectivity index (χ0v) is 35.8. The lowest BCUT2D eigenvalue weighted by Crippen LogP contribution is -2.47. The number of carbonyl (C=O) groups is 4. The van der Waals surface area contributed by atoms with Gasteiger partial charge in [0.05, 0.1) is 16.2 Å². The molecule has 3 aliphatic heterocycles. The van der Waals surface area contributed by atoms with Crippen molar-refractivity contribution in [1.29, 1.82) is 0 Å². The molecule has 3 heterocycles. The van der Waals surface area contributed by atoms with E-state index in [-0.39, 0.29) is 23.4 Å². The Morgan fingerprint density at radius 1 is 0.702 bits per heavy atom. The third kappa shape index (κ3) is 13.2. The van der Waals surface area contributed by atoms with Gasteiger partial charge in [-0.2, -0.15) is 26.3 Å². The maximum Gasteiger partial charge on any atom is 0.434 e. The Balaban J connectivity index is 0.000000299. The molecule has 332 valence electrons. The molecule has 4 rings (SSSR count). The van der Waals surface area contributed by atoms with Gasteiger partial charge in [0.25, 0.3) is 6.10 Å². The summed E-state index contributed by atoms with van der Waals surface area (Å²) >= 11 is 0. The maximum absolute atomic E-state index is 12.2. The van der Waals surface area contributed by atoms with E-state index < -0.39 is 83.7 Å². The molecule has 5 atom stereocenters. The Hall–Kier alpha value is -2.66. The van der Waals surface area contributed by atoms with E-state index in [2.05, 4.69) is 25.5 Å². The molecule has 0 aromatic carbocycles. The number of esters is 4. The summed E-state index contributed by atoms with van der Waals surface area (Å²) in [6.45, 7) is 25.3. The summed E-state index contributed by atoms with van der Waals surface area (Å²) in [6, 6.07) is 0. The van der Waals surface area contributed by atoms with E-state index in [0.29, 0.717) is 12.3 Å². The predicted octanol–water partition coefficient (Wildman–Crippen LogP) is 9.17. The number of rotatable bonds is 10. The highest BCUT2D eigenvalue weighted by atomic mass is 19.4. The van der Waals surface area contributed by atoms with Crippen LogP contribution in [0, 0.1) is 28.1 Å². The maximum atomic E-state index is 12.2. The highest BCUT2D eigenvalue weighted by Crippen LogP contribution is 2.44. The number of ether oxygens (including phenoxy) is 7. The quantitative estimate of drug-likeness (QED) is 0.119. The Bertz CT molecular complexity index is 1380. The first-order valence-electron chi connectivity index (χ1n) is 19.7. The van der Waals surface area contributed by atoms with Gasteiger partial charge in [0, 0.05) is 0 Å². The molecule has 1 aliphatic carbocycles. The molecule has 0 aromatic heterocycles. The van der Waals surface area contributed by atoms with E-state index in [4.69, 9.17) is 28.4 Å². The number of hydrogen-bond donors (Lipinski definition) is 0. The molecule has 0 amide bonds. The van der Waals surface area contributed by atoms with Gasteiger partial charge >= 0.3 is 36.2 Å². The second kappa shape index (κ2) is 18.3. The molecule has 4 fully saturated rings. The van der Waals surface area contributed by atoms with Crippen LogP contribution in [0.2, 0.25) is 0 Å². The van der Waals surface area contributed by atoms with Gasteiger partial charge in [-0.25, -0.2) is 4.79 Å². The average molecular weight is 835 g/mol. The lowest BCUT2D eigenvalue weighted by Gasteiger charge is -2.39. The summed E-state index contributed by atoms with van der Waals surface area (Å²) < 4.78 is 109. The van der Waals surface area contributed by atoms with E-state index in [1.54, 1.807) is 27.7 Å². The van der Waals surface area contributed by atoms with Gasteiger partial charge in [0.2, 0.25) is 6.10 Å². The number of carbonyl (C=O) groups excluding carboxylic acids is 4. The SMILES string of the molecule is CCC(C)(C)C(=O)OC(C(F)(F)F)C(F)(F)F.CCC(C)(C)C(=O)OC(C)(C)C1CCC(C)CC1.CCC(C)(C)C(=O)OC1C(=O)OC2C3OC(C)(C)OC3OC12. The van der Waals surface area contributed by atoms with Crippen molar-refractivity contribution in [1.82, 2.24) is 0 Å². The van der Waals surface area contributed by atoms with Crippen LogP contribution in [0.15, 0.2) is 0 Å². The van der Waals surface area contributed by atoms with Crippen LogP contribution in [0.5, 0.6) is 0 Å². The lowest BCUT2D eigenvalue weighted by atomic mass is 9.75. The second-order valence-electron chi connectivity index (χ2n) is 18.3. The summed E-state index contributed by atoms with van der Waals surface area (Å²) in [7, 11) is 0. The van der Waals surface area contributed by atoms with Crippen molar-refractivity contribution in [2.24, 2.45) is 28.1 Å². The number of alkyl halides is 6. The van der Waals surface area contributed by atoms with Crippen LogP contribution in [0.25, 0.3) is 0 Å².